The van der Waals surface area contributed by atoms with Crippen molar-refractivity contribution >= 4 is 11.8 Å². The fourth-order valence-corrected chi connectivity index (χ4v) is 6.94. The molecule has 0 saturated heterocycles. The molecule has 0 fully saturated rings. The van der Waals surface area contributed by atoms with Gasteiger partial charge in [-0.3, -0.25) is 9.59 Å². The molecule has 3 heterocycles. The standard InChI is InChI=1S/C41H47N5O4/c1-5-7-21-44(22-8-6-2)41(49)36-24-28(3)46(42-36)37-19-18-32(38-29(4)50-43-39(38)30-14-10-9-11-15-30)26-35(37)40(48)45-27-33-17-13-12-16-31(33)25-34(45)20-23-47/h9-19,24,26,34,47H,5-8,20-23,25,27H2,1-4H3. The number of amides is 2. The Morgan fingerprint density at radius 3 is 2.30 bits per heavy atom. The van der Waals surface area contributed by atoms with Crippen LogP contribution in [0.25, 0.3) is 28.1 Å². The lowest BCUT2D eigenvalue weighted by Gasteiger charge is -2.37. The number of fused-ring (bicyclic) bond motifs is 1. The van der Waals surface area contributed by atoms with Gasteiger partial charge in [0.1, 0.15) is 11.5 Å². The highest BCUT2D eigenvalue weighted by Crippen LogP contribution is 2.37. The average molecular weight is 674 g/mol. The van der Waals surface area contributed by atoms with Crippen LogP contribution in [0, 0.1) is 13.8 Å². The van der Waals surface area contributed by atoms with Gasteiger partial charge in [-0.25, -0.2) is 4.68 Å². The summed E-state index contributed by atoms with van der Waals surface area (Å²) in [5.74, 6) is 0.379. The third-order valence-corrected chi connectivity index (χ3v) is 9.69. The van der Waals surface area contributed by atoms with E-state index in [1.807, 2.05) is 90.4 Å². The zero-order valence-electron chi connectivity index (χ0n) is 29.6. The highest BCUT2D eigenvalue weighted by molar-refractivity contribution is 6.00. The van der Waals surface area contributed by atoms with Gasteiger partial charge in [0.25, 0.3) is 11.8 Å². The Hall–Kier alpha value is -5.02. The van der Waals surface area contributed by atoms with Crippen molar-refractivity contribution in [1.82, 2.24) is 24.7 Å². The lowest BCUT2D eigenvalue weighted by Crippen LogP contribution is -2.45. The summed E-state index contributed by atoms with van der Waals surface area (Å²) in [7, 11) is 0. The fourth-order valence-electron chi connectivity index (χ4n) is 6.94. The molecule has 2 amide bonds. The number of carbonyl (C=O) groups is 2. The molecular formula is C41H47N5O4. The van der Waals surface area contributed by atoms with Gasteiger partial charge in [-0.1, -0.05) is 92.5 Å². The minimum Gasteiger partial charge on any atom is -0.396 e. The predicted molar refractivity (Wildman–Crippen MR) is 195 cm³/mol. The third-order valence-electron chi connectivity index (χ3n) is 9.69. The second-order valence-corrected chi connectivity index (χ2v) is 13.2. The van der Waals surface area contributed by atoms with Crippen molar-refractivity contribution in [2.45, 2.75) is 78.8 Å². The number of nitrogens with zero attached hydrogens (tertiary/aromatic N) is 5. The van der Waals surface area contributed by atoms with Gasteiger partial charge in [0.2, 0.25) is 0 Å². The Balaban J connectivity index is 1.47. The van der Waals surface area contributed by atoms with E-state index in [0.29, 0.717) is 60.9 Å². The van der Waals surface area contributed by atoms with Crippen molar-refractivity contribution < 1.29 is 19.2 Å². The maximum absolute atomic E-state index is 14.9. The first-order valence-electron chi connectivity index (χ1n) is 17.9. The number of unbranched alkanes of at least 4 members (excludes halogenated alkanes) is 2. The maximum atomic E-state index is 14.9. The molecule has 5 aromatic rings. The Bertz CT molecular complexity index is 1940. The Morgan fingerprint density at radius 1 is 0.900 bits per heavy atom. The van der Waals surface area contributed by atoms with Crippen LogP contribution >= 0.6 is 0 Å². The molecule has 0 saturated carbocycles. The highest BCUT2D eigenvalue weighted by Gasteiger charge is 2.33. The summed E-state index contributed by atoms with van der Waals surface area (Å²) in [5, 5.41) is 19.3. The first-order chi connectivity index (χ1) is 24.3. The summed E-state index contributed by atoms with van der Waals surface area (Å²) in [6.45, 7) is 9.81. The number of aliphatic hydroxyl groups is 1. The molecule has 0 radical (unpaired) electrons. The molecule has 1 N–H and O–H groups in total. The molecule has 1 aliphatic rings. The number of hydrogen-bond donors (Lipinski definition) is 1. The number of rotatable bonds is 13. The summed E-state index contributed by atoms with van der Waals surface area (Å²) in [5.41, 5.74) is 7.64. The van der Waals surface area contributed by atoms with Crippen LogP contribution in [0.2, 0.25) is 0 Å². The first kappa shape index (κ1) is 34.8. The molecule has 0 spiro atoms. The average Bonchev–Trinajstić information content (AvgIpc) is 3.73. The second-order valence-electron chi connectivity index (χ2n) is 13.2. The van der Waals surface area contributed by atoms with Gasteiger partial charge in [-0.05, 0) is 74.4 Å². The largest absolute Gasteiger partial charge is 0.396 e. The van der Waals surface area contributed by atoms with Gasteiger partial charge >= 0.3 is 0 Å². The molecule has 0 aliphatic carbocycles. The molecule has 3 aromatic carbocycles. The molecule has 2 aromatic heterocycles. The smallest absolute Gasteiger partial charge is 0.274 e. The Kier molecular flexibility index (Phi) is 10.9. The zero-order chi connectivity index (χ0) is 35.2. The van der Waals surface area contributed by atoms with Crippen LogP contribution in [0.5, 0.6) is 0 Å². The molecule has 260 valence electrons. The molecule has 9 heteroatoms. The van der Waals surface area contributed by atoms with Crippen LogP contribution in [0.3, 0.4) is 0 Å². The van der Waals surface area contributed by atoms with E-state index >= 15 is 0 Å². The molecule has 50 heavy (non-hydrogen) atoms. The molecular weight excluding hydrogens is 626 g/mol. The quantitative estimate of drug-likeness (QED) is 0.137. The molecule has 1 atom stereocenters. The molecule has 0 bridgehead atoms. The summed E-state index contributed by atoms with van der Waals surface area (Å²) >= 11 is 0. The van der Waals surface area contributed by atoms with Gasteiger partial charge < -0.3 is 19.4 Å². The van der Waals surface area contributed by atoms with Crippen LogP contribution in [-0.4, -0.2) is 67.4 Å². The molecule has 1 aliphatic heterocycles. The number of carbonyl (C=O) groups excluding carboxylic acids is 2. The van der Waals surface area contributed by atoms with Crippen molar-refractivity contribution in [3.63, 3.8) is 0 Å². The molecule has 1 unspecified atom stereocenters. The highest BCUT2D eigenvalue weighted by atomic mass is 16.5. The van der Waals surface area contributed by atoms with E-state index in [1.54, 1.807) is 4.68 Å². The van der Waals surface area contributed by atoms with E-state index in [9.17, 15) is 14.7 Å². The van der Waals surface area contributed by atoms with E-state index < -0.39 is 0 Å². The minimum atomic E-state index is -0.183. The number of hydrogen-bond acceptors (Lipinski definition) is 6. The Labute approximate surface area is 294 Å². The minimum absolute atomic E-state index is 0.0277. The van der Waals surface area contributed by atoms with Crippen LogP contribution in [0.15, 0.2) is 83.4 Å². The molecule has 9 nitrogen and oxygen atoms in total. The second kappa shape index (κ2) is 15.7. The summed E-state index contributed by atoms with van der Waals surface area (Å²) < 4.78 is 7.44. The number of aromatic nitrogens is 3. The zero-order valence-corrected chi connectivity index (χ0v) is 29.6. The van der Waals surface area contributed by atoms with E-state index in [2.05, 4.69) is 31.1 Å². The third kappa shape index (κ3) is 7.14. The number of aryl methyl sites for hydroxylation is 2. The van der Waals surface area contributed by atoms with Gasteiger partial charge in [0.05, 0.1) is 16.8 Å². The Morgan fingerprint density at radius 2 is 1.60 bits per heavy atom. The van der Waals surface area contributed by atoms with E-state index in [0.717, 1.165) is 53.6 Å². The van der Waals surface area contributed by atoms with Crippen molar-refractivity contribution in [2.75, 3.05) is 19.7 Å². The summed E-state index contributed by atoms with van der Waals surface area (Å²) in [4.78, 5) is 32.5. The van der Waals surface area contributed by atoms with Crippen LogP contribution in [-0.2, 0) is 13.0 Å². The van der Waals surface area contributed by atoms with E-state index in [1.165, 1.54) is 5.56 Å². The lowest BCUT2D eigenvalue weighted by molar-refractivity contribution is 0.0605. The van der Waals surface area contributed by atoms with Gasteiger partial charge in [0, 0.05) is 43.5 Å². The lowest BCUT2D eigenvalue weighted by atomic mass is 9.91. The van der Waals surface area contributed by atoms with Gasteiger partial charge in [-0.2, -0.15) is 5.10 Å². The topological polar surface area (TPSA) is 105 Å². The maximum Gasteiger partial charge on any atom is 0.274 e. The van der Waals surface area contributed by atoms with E-state index in [-0.39, 0.29) is 24.5 Å². The normalized spacial score (nSPS) is 14.1. The van der Waals surface area contributed by atoms with E-state index in [4.69, 9.17) is 9.62 Å². The SMILES string of the molecule is CCCCN(CCCC)C(=O)c1cc(C)n(-c2ccc(-c3c(-c4ccccc4)noc3C)cc2C(=O)N2Cc3ccccc3CC2CCO)n1. The fraction of sp³-hybridized carbons (Fsp3) is 0.366. The van der Waals surface area contributed by atoms with Gasteiger partial charge in [-0.15, -0.1) is 0 Å². The monoisotopic (exact) mass is 673 g/mol. The van der Waals surface area contributed by atoms with Crippen LogP contribution in [0.4, 0.5) is 0 Å². The number of aliphatic hydroxyl groups excluding tert-OH is 1. The van der Waals surface area contributed by atoms with Crippen LogP contribution in [0.1, 0.15) is 89.4 Å². The van der Waals surface area contributed by atoms with Crippen molar-refractivity contribution in [1.29, 1.82) is 0 Å². The van der Waals surface area contributed by atoms with Crippen LogP contribution < -0.4 is 0 Å². The summed E-state index contributed by atoms with van der Waals surface area (Å²) in [6.07, 6.45) is 4.97. The first-order valence-corrected chi connectivity index (χ1v) is 17.9. The van der Waals surface area contributed by atoms with Gasteiger partial charge in [0.15, 0.2) is 5.69 Å². The molecule has 6 rings (SSSR count). The predicted octanol–water partition coefficient (Wildman–Crippen LogP) is 7.80. The van der Waals surface area contributed by atoms with Crippen molar-refractivity contribution in [3.05, 3.63) is 113 Å². The van der Waals surface area contributed by atoms with Crippen molar-refractivity contribution in [2.24, 2.45) is 0 Å². The summed E-state index contributed by atoms with van der Waals surface area (Å²) in [6, 6.07) is 25.4. The van der Waals surface area contributed by atoms with Crippen molar-refractivity contribution in [3.8, 4) is 28.1 Å². The number of benzene rings is 3.